The van der Waals surface area contributed by atoms with Crippen LogP contribution in [-0.4, -0.2) is 100 Å². The lowest BCUT2D eigenvalue weighted by Gasteiger charge is -2.10. The van der Waals surface area contributed by atoms with Crippen molar-refractivity contribution in [2.24, 2.45) is 4.99 Å². The minimum absolute atomic E-state index is 0.0188. The molecule has 0 spiro atoms. The highest BCUT2D eigenvalue weighted by Crippen LogP contribution is 2.16. The summed E-state index contributed by atoms with van der Waals surface area (Å²) in [6.07, 6.45) is 0.972. The number of hydrogen-bond donors (Lipinski definition) is 3. The summed E-state index contributed by atoms with van der Waals surface area (Å²) in [5.74, 6) is -3.68. The normalized spacial score (nSPS) is 10.1. The van der Waals surface area contributed by atoms with Crippen molar-refractivity contribution in [1.82, 2.24) is 0 Å². The maximum atomic E-state index is 12.5. The van der Waals surface area contributed by atoms with Crippen molar-refractivity contribution < 1.29 is 76.3 Å². The Morgan fingerprint density at radius 3 is 1.19 bits per heavy atom. The first-order valence-electron chi connectivity index (χ1n) is 19.4. The van der Waals surface area contributed by atoms with Gasteiger partial charge in [0.2, 0.25) is 6.08 Å². The third kappa shape index (κ3) is 17.3. The summed E-state index contributed by atoms with van der Waals surface area (Å²) < 4.78 is 35.2. The summed E-state index contributed by atoms with van der Waals surface area (Å²) in [6.45, 7) is 0.677. The average molecular weight is 883 g/mol. The maximum absolute atomic E-state index is 12.5. The second-order valence-electron chi connectivity index (χ2n) is 12.7. The summed E-state index contributed by atoms with van der Waals surface area (Å²) >= 11 is 0. The number of ether oxygens (including phenoxy) is 7. The number of carbonyl (C=O) groups is 8. The SMILES string of the molecule is CCOC(=O)CCCC(=O)OCCOC(=O)Nc1ccc(C(=O)OCCOC(=O)c2ccc(NC(=O)Nc3ccc(C(=O)OCCOC(=O)c4ccc(N=C=O)cc4)cc3)cc2)cc1. The maximum Gasteiger partial charge on any atom is 0.411 e. The van der Waals surface area contributed by atoms with Gasteiger partial charge in [0, 0.05) is 29.9 Å². The quantitative estimate of drug-likeness (QED) is 0.0263. The molecule has 3 N–H and O–H groups in total. The number of esters is 6. The summed E-state index contributed by atoms with van der Waals surface area (Å²) in [7, 11) is 0. The Labute approximate surface area is 365 Å². The molecule has 0 saturated heterocycles. The zero-order chi connectivity index (χ0) is 46.1. The molecule has 334 valence electrons. The predicted molar refractivity (Wildman–Crippen MR) is 224 cm³/mol. The number of rotatable bonds is 22. The van der Waals surface area contributed by atoms with E-state index in [2.05, 4.69) is 20.9 Å². The smallest absolute Gasteiger partial charge is 0.411 e. The molecule has 20 heteroatoms. The highest BCUT2D eigenvalue weighted by atomic mass is 16.6. The van der Waals surface area contributed by atoms with Crippen molar-refractivity contribution in [3.8, 4) is 0 Å². The van der Waals surface area contributed by atoms with E-state index in [0.717, 1.165) is 0 Å². The molecule has 20 nitrogen and oxygen atoms in total. The van der Waals surface area contributed by atoms with Gasteiger partial charge >= 0.3 is 47.9 Å². The van der Waals surface area contributed by atoms with Gasteiger partial charge in [0.1, 0.15) is 39.6 Å². The molecule has 0 atom stereocenters. The molecule has 0 radical (unpaired) electrons. The first-order chi connectivity index (χ1) is 30.9. The van der Waals surface area contributed by atoms with Gasteiger partial charge in [-0.05, 0) is 110 Å². The highest BCUT2D eigenvalue weighted by Gasteiger charge is 2.14. The van der Waals surface area contributed by atoms with Gasteiger partial charge in [-0.25, -0.2) is 33.6 Å². The molecule has 0 aromatic heterocycles. The molecule has 0 fully saturated rings. The van der Waals surface area contributed by atoms with Crippen LogP contribution in [0.4, 0.5) is 32.3 Å². The van der Waals surface area contributed by atoms with Gasteiger partial charge in [-0.3, -0.25) is 14.9 Å². The zero-order valence-corrected chi connectivity index (χ0v) is 34.3. The Balaban J connectivity index is 1.06. The fourth-order valence-corrected chi connectivity index (χ4v) is 5.08. The number of nitrogens with one attached hydrogen (secondary N) is 3. The first kappa shape index (κ1) is 48.3. The number of benzene rings is 4. The largest absolute Gasteiger partial charge is 0.466 e. The number of aliphatic imine (C=N–C) groups is 1. The van der Waals surface area contributed by atoms with Gasteiger partial charge in [0.15, 0.2) is 0 Å². The van der Waals surface area contributed by atoms with E-state index in [-0.39, 0.29) is 87.8 Å². The number of nitrogens with zero attached hydrogens (tertiary/aromatic N) is 1. The standard InChI is InChI=1S/C44H42N4O16/c1-2-58-37(50)4-3-5-38(51)59-22-27-64-44(57)48-36-20-12-32(13-21-36)42(55)63-26-25-62-41(54)31-10-18-35(19-11-31)47-43(56)46-34-16-8-30(9-17-34)40(53)61-24-23-60-39(52)29-6-14-33(15-7-29)45-28-49/h6-21H,2-5,22-27H2,1H3,(H,48,57)(H2,46,47,56). The molecule has 0 unspecified atom stereocenters. The Kier molecular flexibility index (Phi) is 19.7. The molecule has 4 rings (SSSR count). The zero-order valence-electron chi connectivity index (χ0n) is 34.3. The predicted octanol–water partition coefficient (Wildman–Crippen LogP) is 6.15. The van der Waals surface area contributed by atoms with Crippen LogP contribution >= 0.6 is 0 Å². The van der Waals surface area contributed by atoms with Gasteiger partial charge in [-0.15, -0.1) is 0 Å². The molecule has 0 heterocycles. The molecule has 3 amide bonds. The molecule has 0 aliphatic carbocycles. The number of amides is 3. The van der Waals surface area contributed by atoms with E-state index < -0.39 is 47.9 Å². The molecular weight excluding hydrogens is 840 g/mol. The van der Waals surface area contributed by atoms with Gasteiger partial charge in [-0.1, -0.05) is 0 Å². The second-order valence-corrected chi connectivity index (χ2v) is 12.7. The van der Waals surface area contributed by atoms with Crippen LogP contribution in [0.3, 0.4) is 0 Å². The van der Waals surface area contributed by atoms with Gasteiger partial charge < -0.3 is 43.8 Å². The van der Waals surface area contributed by atoms with Gasteiger partial charge in [-0.2, -0.15) is 4.99 Å². The van der Waals surface area contributed by atoms with Crippen LogP contribution in [0.25, 0.3) is 0 Å². The topological polar surface area (TPSA) is 267 Å². The van der Waals surface area contributed by atoms with Crippen LogP contribution in [0.2, 0.25) is 0 Å². The number of carbonyl (C=O) groups excluding carboxylic acids is 9. The number of urea groups is 1. The van der Waals surface area contributed by atoms with Crippen LogP contribution < -0.4 is 16.0 Å². The number of isocyanates is 1. The van der Waals surface area contributed by atoms with Crippen molar-refractivity contribution in [2.45, 2.75) is 26.2 Å². The molecule has 0 bridgehead atoms. The van der Waals surface area contributed by atoms with Crippen molar-refractivity contribution >= 4 is 76.8 Å². The Morgan fingerprint density at radius 1 is 0.453 bits per heavy atom. The Hall–Kier alpha value is -8.38. The average Bonchev–Trinajstić information content (AvgIpc) is 3.29. The molecule has 0 saturated carbocycles. The fourth-order valence-electron chi connectivity index (χ4n) is 5.08. The minimum Gasteiger partial charge on any atom is -0.466 e. The minimum atomic E-state index is -0.818. The van der Waals surface area contributed by atoms with E-state index in [1.807, 2.05) is 0 Å². The second kappa shape index (κ2) is 26.1. The third-order valence-electron chi connectivity index (χ3n) is 8.15. The molecule has 4 aromatic carbocycles. The molecule has 0 aliphatic heterocycles. The Bertz CT molecular complexity index is 2290. The van der Waals surface area contributed by atoms with Crippen molar-refractivity contribution in [3.05, 3.63) is 119 Å². The summed E-state index contributed by atoms with van der Waals surface area (Å²) in [6, 6.07) is 22.4. The lowest BCUT2D eigenvalue weighted by Crippen LogP contribution is -2.19. The first-order valence-corrected chi connectivity index (χ1v) is 19.4. The van der Waals surface area contributed by atoms with Crippen LogP contribution in [0.15, 0.2) is 102 Å². The molecule has 4 aromatic rings. The van der Waals surface area contributed by atoms with Crippen LogP contribution in [-0.2, 0) is 47.5 Å². The van der Waals surface area contributed by atoms with Crippen LogP contribution in [0.1, 0.15) is 67.6 Å². The van der Waals surface area contributed by atoms with Gasteiger partial charge in [0.25, 0.3) is 0 Å². The van der Waals surface area contributed by atoms with E-state index in [1.165, 1.54) is 103 Å². The highest BCUT2D eigenvalue weighted by molar-refractivity contribution is 6.00. The lowest BCUT2D eigenvalue weighted by molar-refractivity contribution is -0.145. The van der Waals surface area contributed by atoms with Crippen molar-refractivity contribution in [3.63, 3.8) is 0 Å². The summed E-state index contributed by atoms with van der Waals surface area (Å²) in [5, 5.41) is 7.68. The van der Waals surface area contributed by atoms with Crippen molar-refractivity contribution in [1.29, 1.82) is 0 Å². The summed E-state index contributed by atoms with van der Waals surface area (Å²) in [4.78, 5) is 111. The van der Waals surface area contributed by atoms with E-state index in [1.54, 1.807) is 6.92 Å². The Morgan fingerprint density at radius 2 is 0.797 bits per heavy atom. The number of hydrogen-bond acceptors (Lipinski definition) is 17. The van der Waals surface area contributed by atoms with E-state index in [0.29, 0.717) is 22.7 Å². The number of anilines is 3. The van der Waals surface area contributed by atoms with Crippen molar-refractivity contribution in [2.75, 3.05) is 62.2 Å². The molecular formula is C44H42N4O16. The molecule has 64 heavy (non-hydrogen) atoms. The monoisotopic (exact) mass is 882 g/mol. The summed E-state index contributed by atoms with van der Waals surface area (Å²) in [5.41, 5.74) is 2.09. The third-order valence-corrected chi connectivity index (χ3v) is 8.15. The van der Waals surface area contributed by atoms with E-state index >= 15 is 0 Å². The van der Waals surface area contributed by atoms with Crippen LogP contribution in [0, 0.1) is 0 Å². The lowest BCUT2D eigenvalue weighted by atomic mass is 10.2. The fraction of sp³-hybridized carbons (Fsp3) is 0.250. The molecule has 0 aliphatic rings. The van der Waals surface area contributed by atoms with E-state index in [9.17, 15) is 43.2 Å². The van der Waals surface area contributed by atoms with Gasteiger partial charge in [0.05, 0.1) is 34.5 Å². The van der Waals surface area contributed by atoms with Crippen LogP contribution in [0.5, 0.6) is 0 Å². The van der Waals surface area contributed by atoms with E-state index in [4.69, 9.17) is 33.2 Å².